The molecule has 2 N–H and O–H groups in total. The molecule has 0 aliphatic carbocycles. The number of carbonyl (C=O) groups is 1. The van der Waals surface area contributed by atoms with E-state index in [9.17, 15) is 4.79 Å². The third kappa shape index (κ3) is 6.07. The van der Waals surface area contributed by atoms with Crippen molar-refractivity contribution in [3.8, 4) is 5.75 Å². The second kappa shape index (κ2) is 10.6. The van der Waals surface area contributed by atoms with Gasteiger partial charge in [-0.3, -0.25) is 0 Å². The Morgan fingerprint density at radius 2 is 1.94 bits per heavy atom. The monoisotopic (exact) mass is 441 g/mol. The van der Waals surface area contributed by atoms with E-state index in [1.54, 1.807) is 75.0 Å². The minimum Gasteiger partial charge on any atom is -0.497 e. The molecule has 0 aliphatic rings. The fourth-order valence-electron chi connectivity index (χ4n) is 2.89. The van der Waals surface area contributed by atoms with Crippen LogP contribution in [0.1, 0.15) is 6.92 Å². The van der Waals surface area contributed by atoms with E-state index in [1.807, 2.05) is 6.92 Å². The van der Waals surface area contributed by atoms with E-state index in [0.29, 0.717) is 40.5 Å². The Morgan fingerprint density at radius 3 is 2.61 bits per heavy atom. The van der Waals surface area contributed by atoms with Crippen LogP contribution in [0.25, 0.3) is 0 Å². The number of carbonyl (C=O) groups excluding carboxylic acids is 1. The number of rotatable bonds is 8. The maximum Gasteiger partial charge on any atom is 0.332 e. The molecule has 0 bridgehead atoms. The maximum atomic E-state index is 13.3. The molecule has 0 unspecified atom stereocenters. The highest BCUT2D eigenvalue weighted by molar-refractivity contribution is 6.31. The zero-order chi connectivity index (χ0) is 22.2. The third-order valence-corrected chi connectivity index (χ3v) is 4.51. The molecule has 8 nitrogen and oxygen atoms in total. The zero-order valence-electron chi connectivity index (χ0n) is 17.5. The highest BCUT2D eigenvalue weighted by atomic mass is 35.5. The van der Waals surface area contributed by atoms with Crippen molar-refractivity contribution < 1.29 is 14.3 Å². The van der Waals surface area contributed by atoms with Crippen LogP contribution in [0.4, 0.5) is 27.9 Å². The van der Waals surface area contributed by atoms with Gasteiger partial charge in [0.1, 0.15) is 11.6 Å². The highest BCUT2D eigenvalue weighted by Gasteiger charge is 2.21. The van der Waals surface area contributed by atoms with Gasteiger partial charge in [0.25, 0.3) is 0 Å². The fourth-order valence-corrected chi connectivity index (χ4v) is 3.08. The highest BCUT2D eigenvalue weighted by Crippen LogP contribution is 2.28. The van der Waals surface area contributed by atoms with Crippen LogP contribution in [0.2, 0.25) is 5.02 Å². The van der Waals surface area contributed by atoms with Crippen molar-refractivity contribution >= 4 is 40.8 Å². The van der Waals surface area contributed by atoms with E-state index in [0.717, 1.165) is 0 Å². The van der Waals surface area contributed by atoms with Crippen molar-refractivity contribution in [2.75, 3.05) is 36.4 Å². The fraction of sp³-hybridized carbons (Fsp3) is 0.227. The van der Waals surface area contributed by atoms with Crippen molar-refractivity contribution in [3.63, 3.8) is 0 Å². The van der Waals surface area contributed by atoms with E-state index >= 15 is 0 Å². The topological polar surface area (TPSA) is 88.6 Å². The second-order valence-electron chi connectivity index (χ2n) is 6.71. The van der Waals surface area contributed by atoms with Gasteiger partial charge in [0.15, 0.2) is 0 Å². The molecule has 162 valence electrons. The lowest BCUT2D eigenvalue weighted by atomic mass is 10.2. The first-order valence-electron chi connectivity index (χ1n) is 9.59. The van der Waals surface area contributed by atoms with Gasteiger partial charge < -0.3 is 20.1 Å². The van der Waals surface area contributed by atoms with Gasteiger partial charge >= 0.3 is 6.03 Å². The summed E-state index contributed by atoms with van der Waals surface area (Å²) in [6.07, 6.45) is 1.59. The molecule has 0 fully saturated rings. The summed E-state index contributed by atoms with van der Waals surface area (Å²) < 4.78 is 10.4. The number of nitrogens with zero attached hydrogens (tertiary/aromatic N) is 3. The molecule has 0 radical (unpaired) electrons. The first-order valence-corrected chi connectivity index (χ1v) is 9.97. The molecule has 1 heterocycles. The average molecular weight is 442 g/mol. The van der Waals surface area contributed by atoms with Crippen LogP contribution in [0, 0.1) is 0 Å². The van der Waals surface area contributed by atoms with Crippen LogP contribution < -0.4 is 20.3 Å². The Labute approximate surface area is 186 Å². The number of anilines is 4. The summed E-state index contributed by atoms with van der Waals surface area (Å²) in [7, 11) is 3.21. The summed E-state index contributed by atoms with van der Waals surface area (Å²) in [4.78, 5) is 23.5. The van der Waals surface area contributed by atoms with Gasteiger partial charge in [-0.25, -0.2) is 14.7 Å². The standard InChI is InChI=1S/C22H24ClN5O3/c1-15(14-30-2)25-21-24-12-11-20(27-21)28(18-7-9-19(31-3)10-8-18)22(29)26-17-6-4-5-16(23)13-17/h4-13,15H,14H2,1-3H3,(H,26,29)(H,24,25,27)/t15-/m0/s1. The number of halogens is 1. The molecule has 0 saturated heterocycles. The number of methoxy groups -OCH3 is 2. The molecule has 1 aromatic heterocycles. The van der Waals surface area contributed by atoms with Gasteiger partial charge in [-0.05, 0) is 49.4 Å². The van der Waals surface area contributed by atoms with Crippen LogP contribution in [-0.2, 0) is 4.74 Å². The van der Waals surface area contributed by atoms with E-state index in [1.165, 1.54) is 4.90 Å². The molecule has 2 amide bonds. The van der Waals surface area contributed by atoms with E-state index in [2.05, 4.69) is 20.6 Å². The third-order valence-electron chi connectivity index (χ3n) is 4.27. The molecule has 9 heteroatoms. The lowest BCUT2D eigenvalue weighted by Crippen LogP contribution is -2.32. The summed E-state index contributed by atoms with van der Waals surface area (Å²) >= 11 is 6.05. The van der Waals surface area contributed by atoms with Gasteiger partial charge in [0, 0.05) is 36.1 Å². The predicted molar refractivity (Wildman–Crippen MR) is 123 cm³/mol. The molecule has 3 aromatic rings. The average Bonchev–Trinajstić information content (AvgIpc) is 2.75. The molecule has 3 rings (SSSR count). The normalized spacial score (nSPS) is 11.5. The Morgan fingerprint density at radius 1 is 1.16 bits per heavy atom. The molecular weight excluding hydrogens is 418 g/mol. The summed E-state index contributed by atoms with van der Waals surface area (Å²) in [5.41, 5.74) is 1.17. The van der Waals surface area contributed by atoms with Crippen LogP contribution in [-0.4, -0.2) is 42.9 Å². The molecule has 0 saturated carbocycles. The summed E-state index contributed by atoms with van der Waals surface area (Å²) in [6.45, 7) is 2.44. The Kier molecular flexibility index (Phi) is 7.64. The van der Waals surface area contributed by atoms with Crippen molar-refractivity contribution in [2.45, 2.75) is 13.0 Å². The molecule has 31 heavy (non-hydrogen) atoms. The van der Waals surface area contributed by atoms with Gasteiger partial charge in [0.2, 0.25) is 5.95 Å². The smallest absolute Gasteiger partial charge is 0.332 e. The van der Waals surface area contributed by atoms with Gasteiger partial charge in [-0.1, -0.05) is 17.7 Å². The lowest BCUT2D eigenvalue weighted by molar-refractivity contribution is 0.190. The lowest BCUT2D eigenvalue weighted by Gasteiger charge is -2.23. The second-order valence-corrected chi connectivity index (χ2v) is 7.15. The van der Waals surface area contributed by atoms with E-state index < -0.39 is 6.03 Å². The summed E-state index contributed by atoms with van der Waals surface area (Å²) in [5.74, 6) is 1.46. The molecule has 2 aromatic carbocycles. The van der Waals surface area contributed by atoms with Gasteiger partial charge in [-0.15, -0.1) is 0 Å². The number of hydrogen-bond donors (Lipinski definition) is 2. The summed E-state index contributed by atoms with van der Waals surface area (Å²) in [5, 5.41) is 6.54. The minimum absolute atomic E-state index is 0.00465. The van der Waals surface area contributed by atoms with E-state index in [-0.39, 0.29) is 6.04 Å². The Bertz CT molecular complexity index is 1020. The minimum atomic E-state index is -0.401. The number of ether oxygens (including phenoxy) is 2. The van der Waals surface area contributed by atoms with Crippen molar-refractivity contribution in [1.29, 1.82) is 0 Å². The van der Waals surface area contributed by atoms with Gasteiger partial charge in [-0.2, -0.15) is 4.98 Å². The van der Waals surface area contributed by atoms with Crippen LogP contribution in [0.5, 0.6) is 5.75 Å². The Hall–Kier alpha value is -3.36. The molecular formula is C22H24ClN5O3. The number of aromatic nitrogens is 2. The van der Waals surface area contributed by atoms with Crippen LogP contribution in [0.15, 0.2) is 60.8 Å². The van der Waals surface area contributed by atoms with Crippen LogP contribution in [0.3, 0.4) is 0 Å². The molecule has 0 aliphatic heterocycles. The molecule has 0 spiro atoms. The van der Waals surface area contributed by atoms with Crippen molar-refractivity contribution in [1.82, 2.24) is 9.97 Å². The zero-order valence-corrected chi connectivity index (χ0v) is 18.3. The maximum absolute atomic E-state index is 13.3. The number of amides is 2. The van der Waals surface area contributed by atoms with Crippen molar-refractivity contribution in [2.24, 2.45) is 0 Å². The SMILES string of the molecule is COC[C@H](C)Nc1nccc(N(C(=O)Nc2cccc(Cl)c2)c2ccc(OC)cc2)n1. The van der Waals surface area contributed by atoms with Gasteiger partial charge in [0.05, 0.1) is 19.4 Å². The predicted octanol–water partition coefficient (Wildman–Crippen LogP) is 4.96. The van der Waals surface area contributed by atoms with Crippen LogP contribution >= 0.6 is 11.6 Å². The quantitative estimate of drug-likeness (QED) is 0.513. The Balaban J connectivity index is 1.94. The number of urea groups is 1. The number of nitrogens with one attached hydrogen (secondary N) is 2. The van der Waals surface area contributed by atoms with Crippen molar-refractivity contribution in [3.05, 3.63) is 65.8 Å². The number of benzene rings is 2. The van der Waals surface area contributed by atoms with E-state index in [4.69, 9.17) is 21.1 Å². The first kappa shape index (κ1) is 22.3. The number of hydrogen-bond acceptors (Lipinski definition) is 6. The largest absolute Gasteiger partial charge is 0.497 e. The molecule has 1 atom stereocenters. The summed E-state index contributed by atoms with van der Waals surface area (Å²) in [6, 6.07) is 15.3. The first-order chi connectivity index (χ1) is 15.0.